The highest BCUT2D eigenvalue weighted by molar-refractivity contribution is 14.0. The lowest BCUT2D eigenvalue weighted by atomic mass is 10.1. The van der Waals surface area contributed by atoms with Gasteiger partial charge in [0.1, 0.15) is 5.76 Å². The van der Waals surface area contributed by atoms with Gasteiger partial charge in [0.05, 0.1) is 12.2 Å². The SMILES string of the molecule is CCNC(=NCc1c(CC)noc1CC)NCC(C)N1CCN(c2ccccc2)CC1.I. The molecule has 2 aromatic rings. The summed E-state index contributed by atoms with van der Waals surface area (Å²) in [7, 11) is 0. The number of guanidine groups is 1. The first-order chi connectivity index (χ1) is 15.2. The monoisotopic (exact) mass is 554 g/mol. The van der Waals surface area contributed by atoms with Crippen molar-refractivity contribution in [1.29, 1.82) is 0 Å². The number of hydrogen-bond donors (Lipinski definition) is 2. The third-order valence-corrected chi connectivity index (χ3v) is 5.97. The molecule has 1 saturated heterocycles. The molecule has 0 radical (unpaired) electrons. The van der Waals surface area contributed by atoms with Gasteiger partial charge in [0.15, 0.2) is 5.96 Å². The number of nitrogens with zero attached hydrogens (tertiary/aromatic N) is 4. The zero-order chi connectivity index (χ0) is 22.1. The first-order valence-corrected chi connectivity index (χ1v) is 11.7. The fourth-order valence-corrected chi connectivity index (χ4v) is 4.05. The molecule has 1 unspecified atom stereocenters. The zero-order valence-corrected chi connectivity index (χ0v) is 22.3. The maximum atomic E-state index is 5.48. The molecule has 0 saturated carbocycles. The van der Waals surface area contributed by atoms with E-state index in [4.69, 9.17) is 9.52 Å². The topological polar surface area (TPSA) is 68.9 Å². The number of halogens is 1. The Bertz CT molecular complexity index is 796. The van der Waals surface area contributed by atoms with E-state index in [0.717, 1.165) is 75.1 Å². The van der Waals surface area contributed by atoms with Crippen LogP contribution in [0.15, 0.2) is 39.8 Å². The highest BCUT2D eigenvalue weighted by Crippen LogP contribution is 2.17. The first-order valence-electron chi connectivity index (χ1n) is 11.7. The van der Waals surface area contributed by atoms with E-state index in [9.17, 15) is 0 Å². The van der Waals surface area contributed by atoms with Gasteiger partial charge in [-0.3, -0.25) is 4.90 Å². The van der Waals surface area contributed by atoms with Crippen LogP contribution in [-0.4, -0.2) is 61.3 Å². The zero-order valence-electron chi connectivity index (χ0n) is 19.9. The van der Waals surface area contributed by atoms with Gasteiger partial charge in [0.2, 0.25) is 0 Å². The van der Waals surface area contributed by atoms with Crippen LogP contribution in [-0.2, 0) is 19.4 Å². The predicted octanol–water partition coefficient (Wildman–Crippen LogP) is 3.68. The molecule has 0 aliphatic carbocycles. The number of rotatable bonds is 9. The van der Waals surface area contributed by atoms with Crippen molar-refractivity contribution >= 4 is 35.6 Å². The fraction of sp³-hybridized carbons (Fsp3) is 0.583. The van der Waals surface area contributed by atoms with Crippen LogP contribution in [0.3, 0.4) is 0 Å². The summed E-state index contributed by atoms with van der Waals surface area (Å²) in [6.45, 7) is 15.2. The molecule has 1 aromatic heterocycles. The molecule has 178 valence electrons. The minimum atomic E-state index is 0. The second kappa shape index (κ2) is 13.7. The van der Waals surface area contributed by atoms with Crippen LogP contribution in [0.4, 0.5) is 5.69 Å². The molecule has 0 bridgehead atoms. The largest absolute Gasteiger partial charge is 0.369 e. The third-order valence-electron chi connectivity index (χ3n) is 5.97. The standard InChI is InChI=1S/C24H38N6O.HI/c1-5-22-21(23(6-2)31-28-22)18-27-24(25-7-3)26-17-19(4)29-13-15-30(16-14-29)20-11-9-8-10-12-20;/h8-12,19H,5-7,13-18H2,1-4H3,(H2,25,26,27);1H. The quantitative estimate of drug-likeness (QED) is 0.280. The second-order valence-corrected chi connectivity index (χ2v) is 8.02. The van der Waals surface area contributed by atoms with E-state index < -0.39 is 0 Å². The number of anilines is 1. The van der Waals surface area contributed by atoms with Gasteiger partial charge >= 0.3 is 0 Å². The van der Waals surface area contributed by atoms with Crippen molar-refractivity contribution in [2.45, 2.75) is 53.1 Å². The van der Waals surface area contributed by atoms with Gasteiger partial charge in [0, 0.05) is 63.0 Å². The molecule has 7 nitrogen and oxygen atoms in total. The van der Waals surface area contributed by atoms with Gasteiger partial charge in [-0.2, -0.15) is 0 Å². The Kier molecular flexibility index (Phi) is 11.3. The number of aliphatic imine (C=N–C) groups is 1. The van der Waals surface area contributed by atoms with Gasteiger partial charge in [-0.15, -0.1) is 24.0 Å². The van der Waals surface area contributed by atoms with E-state index in [1.54, 1.807) is 0 Å². The number of nitrogens with one attached hydrogen (secondary N) is 2. The summed E-state index contributed by atoms with van der Waals surface area (Å²) in [6.07, 6.45) is 1.71. The summed E-state index contributed by atoms with van der Waals surface area (Å²) in [6, 6.07) is 11.1. The third kappa shape index (κ3) is 7.10. The van der Waals surface area contributed by atoms with Crippen molar-refractivity contribution in [3.63, 3.8) is 0 Å². The van der Waals surface area contributed by atoms with Crippen molar-refractivity contribution in [2.24, 2.45) is 4.99 Å². The Hall–Kier alpha value is -1.81. The van der Waals surface area contributed by atoms with Crippen molar-refractivity contribution in [1.82, 2.24) is 20.7 Å². The molecule has 2 heterocycles. The molecular formula is C24H39IN6O. The maximum absolute atomic E-state index is 5.48. The smallest absolute Gasteiger partial charge is 0.191 e. The first kappa shape index (κ1) is 26.4. The van der Waals surface area contributed by atoms with Gasteiger partial charge in [-0.05, 0) is 32.4 Å². The molecule has 0 amide bonds. The lowest BCUT2D eigenvalue weighted by Gasteiger charge is -2.39. The van der Waals surface area contributed by atoms with Crippen molar-refractivity contribution in [3.05, 3.63) is 47.3 Å². The van der Waals surface area contributed by atoms with Crippen LogP contribution in [0.2, 0.25) is 0 Å². The summed E-state index contributed by atoms with van der Waals surface area (Å²) in [5.41, 5.74) is 3.47. The summed E-state index contributed by atoms with van der Waals surface area (Å²) in [5.74, 6) is 1.80. The van der Waals surface area contributed by atoms with E-state index >= 15 is 0 Å². The molecule has 3 rings (SSSR count). The van der Waals surface area contributed by atoms with E-state index in [1.807, 2.05) is 0 Å². The number of piperazine rings is 1. The van der Waals surface area contributed by atoms with Crippen LogP contribution in [0.5, 0.6) is 0 Å². The normalized spacial score (nSPS) is 15.9. The summed E-state index contributed by atoms with van der Waals surface area (Å²) < 4.78 is 5.48. The number of benzene rings is 1. The van der Waals surface area contributed by atoms with Crippen molar-refractivity contribution < 1.29 is 4.52 Å². The Balaban J connectivity index is 0.00000363. The lowest BCUT2D eigenvalue weighted by Crippen LogP contribution is -2.53. The molecule has 8 heteroatoms. The minimum absolute atomic E-state index is 0. The number of aryl methyl sites for hydroxylation is 2. The van der Waals surface area contributed by atoms with Gasteiger partial charge in [-0.25, -0.2) is 4.99 Å². The highest BCUT2D eigenvalue weighted by Gasteiger charge is 2.21. The van der Waals surface area contributed by atoms with Gasteiger partial charge < -0.3 is 20.1 Å². The Labute approximate surface area is 210 Å². The van der Waals surface area contributed by atoms with Gasteiger partial charge in [0.25, 0.3) is 0 Å². The van der Waals surface area contributed by atoms with Crippen LogP contribution < -0.4 is 15.5 Å². The molecule has 32 heavy (non-hydrogen) atoms. The minimum Gasteiger partial charge on any atom is -0.369 e. The number of hydrogen-bond acceptors (Lipinski definition) is 5. The summed E-state index contributed by atoms with van der Waals surface area (Å²) >= 11 is 0. The summed E-state index contributed by atoms with van der Waals surface area (Å²) in [5, 5.41) is 11.1. The Morgan fingerprint density at radius 3 is 2.41 bits per heavy atom. The molecule has 1 aromatic carbocycles. The molecule has 1 aliphatic heterocycles. The average molecular weight is 555 g/mol. The van der Waals surface area contributed by atoms with E-state index in [2.05, 4.69) is 83.6 Å². The molecule has 1 fully saturated rings. The molecule has 2 N–H and O–H groups in total. The summed E-state index contributed by atoms with van der Waals surface area (Å²) in [4.78, 5) is 9.84. The lowest BCUT2D eigenvalue weighted by molar-refractivity contribution is 0.197. The van der Waals surface area contributed by atoms with Crippen molar-refractivity contribution in [3.8, 4) is 0 Å². The molecule has 0 spiro atoms. The highest BCUT2D eigenvalue weighted by atomic mass is 127. The van der Waals surface area contributed by atoms with Crippen LogP contribution in [0.25, 0.3) is 0 Å². The molecule has 1 atom stereocenters. The Morgan fingerprint density at radius 1 is 1.06 bits per heavy atom. The van der Waals surface area contributed by atoms with Crippen LogP contribution >= 0.6 is 24.0 Å². The van der Waals surface area contributed by atoms with E-state index in [0.29, 0.717) is 12.6 Å². The van der Waals surface area contributed by atoms with E-state index in [1.165, 1.54) is 5.69 Å². The predicted molar refractivity (Wildman–Crippen MR) is 143 cm³/mol. The van der Waals surface area contributed by atoms with E-state index in [-0.39, 0.29) is 24.0 Å². The maximum Gasteiger partial charge on any atom is 0.191 e. The number of para-hydroxylation sites is 1. The average Bonchev–Trinajstić information content (AvgIpc) is 3.23. The van der Waals surface area contributed by atoms with Crippen molar-refractivity contribution in [2.75, 3.05) is 44.2 Å². The van der Waals surface area contributed by atoms with Gasteiger partial charge in [-0.1, -0.05) is 37.2 Å². The fourth-order valence-electron chi connectivity index (χ4n) is 4.05. The molecular weight excluding hydrogens is 515 g/mol. The molecule has 1 aliphatic rings. The second-order valence-electron chi connectivity index (χ2n) is 8.02. The van der Waals surface area contributed by atoms with Crippen LogP contribution in [0.1, 0.15) is 44.7 Å². The Morgan fingerprint density at radius 2 is 1.78 bits per heavy atom. The number of aromatic nitrogens is 1. The van der Waals surface area contributed by atoms with Crippen LogP contribution in [0, 0.1) is 0 Å².